The topological polar surface area (TPSA) is 42.7 Å². The lowest BCUT2D eigenvalue weighted by Crippen LogP contribution is -1.95. The molecule has 2 rings (SSSR count). The Labute approximate surface area is 108 Å². The van der Waals surface area contributed by atoms with Crippen LogP contribution in [0.1, 0.15) is 11.3 Å². The van der Waals surface area contributed by atoms with Gasteiger partial charge in [-0.25, -0.2) is 4.68 Å². The number of rotatable bonds is 2. The minimum Gasteiger partial charge on any atom is -0.349 e. The van der Waals surface area contributed by atoms with Crippen molar-refractivity contribution in [3.8, 4) is 17.7 Å². The summed E-state index contributed by atoms with van der Waals surface area (Å²) in [6, 6.07) is 10.6. The summed E-state index contributed by atoms with van der Waals surface area (Å²) in [6.45, 7) is 0. The van der Waals surface area contributed by atoms with Crippen LogP contribution >= 0.6 is 15.9 Å². The van der Waals surface area contributed by atoms with Gasteiger partial charge < -0.3 is 5.32 Å². The molecule has 1 aromatic carbocycles. The van der Waals surface area contributed by atoms with Gasteiger partial charge in [-0.05, 0) is 30.2 Å². The van der Waals surface area contributed by atoms with Gasteiger partial charge in [0.25, 0.3) is 0 Å². The fraction of sp³-hybridized carbons (Fsp3) is 0.167. The van der Waals surface area contributed by atoms with E-state index in [2.05, 4.69) is 43.5 Å². The highest BCUT2D eigenvalue weighted by Gasteiger charge is 2.00. The van der Waals surface area contributed by atoms with E-state index in [0.717, 1.165) is 16.9 Å². The van der Waals surface area contributed by atoms with E-state index in [1.807, 2.05) is 30.5 Å². The predicted octanol–water partition coefficient (Wildman–Crippen LogP) is 1.69. The second-order valence-electron chi connectivity index (χ2n) is 3.33. The van der Waals surface area contributed by atoms with Crippen molar-refractivity contribution in [1.29, 1.82) is 0 Å². The molecule has 0 aliphatic rings. The van der Waals surface area contributed by atoms with Crippen LogP contribution in [-0.4, -0.2) is 22.0 Å². The number of alkyl halides is 1. The Morgan fingerprint density at radius 2 is 2.12 bits per heavy atom. The van der Waals surface area contributed by atoms with Gasteiger partial charge in [-0.3, -0.25) is 0 Å². The second kappa shape index (κ2) is 5.51. The molecule has 0 amide bonds. The first-order chi connectivity index (χ1) is 8.33. The van der Waals surface area contributed by atoms with Crippen molar-refractivity contribution in [2.45, 2.75) is 5.33 Å². The summed E-state index contributed by atoms with van der Waals surface area (Å²) in [5, 5.41) is 11.5. The Kier molecular flexibility index (Phi) is 3.78. The van der Waals surface area contributed by atoms with E-state index < -0.39 is 0 Å². The molecule has 0 spiro atoms. The Bertz CT molecular complexity index is 548. The minimum absolute atomic E-state index is 0.707. The molecule has 0 aliphatic heterocycles. The number of hydrogen-bond acceptors (Lipinski definition) is 3. The summed E-state index contributed by atoms with van der Waals surface area (Å²) in [7, 11) is 1.79. The number of aromatic nitrogens is 3. The monoisotopic (exact) mass is 290 g/mol. The average molecular weight is 291 g/mol. The quantitative estimate of drug-likeness (QED) is 0.520. The van der Waals surface area contributed by atoms with Gasteiger partial charge in [0.1, 0.15) is 0 Å². The van der Waals surface area contributed by atoms with E-state index in [9.17, 15) is 0 Å². The molecule has 5 heteroatoms. The van der Waals surface area contributed by atoms with Crippen LogP contribution in [0.3, 0.4) is 0 Å². The molecule has 0 radical (unpaired) electrons. The van der Waals surface area contributed by atoms with Crippen molar-refractivity contribution in [2.75, 3.05) is 7.05 Å². The molecule has 0 saturated carbocycles. The maximum atomic E-state index is 4.04. The maximum absolute atomic E-state index is 4.04. The van der Waals surface area contributed by atoms with Gasteiger partial charge in [0.15, 0.2) is 0 Å². The van der Waals surface area contributed by atoms with Crippen LogP contribution in [0.25, 0.3) is 5.69 Å². The molecule has 0 bridgehead atoms. The van der Waals surface area contributed by atoms with Gasteiger partial charge in [0, 0.05) is 24.0 Å². The standard InChI is InChI=1S/C12H11BrN4/c1-14-7-6-10-2-4-12(5-3-10)17-9-11(8-13)15-16-17/h2-5,9,14H,8H2,1H3. The van der Waals surface area contributed by atoms with Crippen LogP contribution in [0.2, 0.25) is 0 Å². The van der Waals surface area contributed by atoms with Crippen LogP contribution in [0.15, 0.2) is 30.5 Å². The van der Waals surface area contributed by atoms with Crippen LogP contribution in [0, 0.1) is 12.0 Å². The largest absolute Gasteiger partial charge is 0.349 e. The number of nitrogens with zero attached hydrogens (tertiary/aromatic N) is 3. The van der Waals surface area contributed by atoms with Crippen molar-refractivity contribution < 1.29 is 0 Å². The van der Waals surface area contributed by atoms with E-state index in [-0.39, 0.29) is 0 Å². The lowest BCUT2D eigenvalue weighted by atomic mass is 10.2. The lowest BCUT2D eigenvalue weighted by molar-refractivity contribution is 0.800. The lowest BCUT2D eigenvalue weighted by Gasteiger charge is -1.99. The Morgan fingerprint density at radius 3 is 2.71 bits per heavy atom. The summed E-state index contributed by atoms with van der Waals surface area (Å²) in [5.41, 5.74) is 2.84. The van der Waals surface area contributed by atoms with E-state index in [1.54, 1.807) is 11.7 Å². The third-order valence-corrected chi connectivity index (χ3v) is 2.72. The van der Waals surface area contributed by atoms with E-state index in [4.69, 9.17) is 0 Å². The number of hydrogen-bond donors (Lipinski definition) is 1. The number of nitrogens with one attached hydrogen (secondary N) is 1. The summed E-state index contributed by atoms with van der Waals surface area (Å²) >= 11 is 3.34. The summed E-state index contributed by atoms with van der Waals surface area (Å²) in [4.78, 5) is 0. The van der Waals surface area contributed by atoms with Crippen LogP contribution in [0.5, 0.6) is 0 Å². The summed E-state index contributed by atoms with van der Waals surface area (Å²) in [6.07, 6.45) is 1.89. The van der Waals surface area contributed by atoms with E-state index >= 15 is 0 Å². The van der Waals surface area contributed by atoms with Gasteiger partial charge in [-0.2, -0.15) is 0 Å². The zero-order valence-electron chi connectivity index (χ0n) is 9.31. The first kappa shape index (κ1) is 11.7. The first-order valence-electron chi connectivity index (χ1n) is 5.09. The number of benzene rings is 1. The molecule has 4 nitrogen and oxygen atoms in total. The van der Waals surface area contributed by atoms with E-state index in [1.165, 1.54) is 0 Å². The Morgan fingerprint density at radius 1 is 1.35 bits per heavy atom. The minimum atomic E-state index is 0.707. The molecule has 1 aromatic heterocycles. The molecule has 0 fully saturated rings. The fourth-order valence-corrected chi connectivity index (χ4v) is 1.57. The molecule has 17 heavy (non-hydrogen) atoms. The molecule has 1 N–H and O–H groups in total. The van der Waals surface area contributed by atoms with Crippen LogP contribution in [0.4, 0.5) is 0 Å². The van der Waals surface area contributed by atoms with Gasteiger partial charge in [0.2, 0.25) is 0 Å². The van der Waals surface area contributed by atoms with Crippen molar-refractivity contribution in [3.05, 3.63) is 41.7 Å². The zero-order valence-corrected chi connectivity index (χ0v) is 10.9. The molecule has 1 heterocycles. The fourth-order valence-electron chi connectivity index (χ4n) is 1.32. The molecule has 2 aromatic rings. The van der Waals surface area contributed by atoms with Crippen molar-refractivity contribution >= 4 is 15.9 Å². The molecular formula is C12H11BrN4. The maximum Gasteiger partial charge on any atom is 0.0937 e. The molecular weight excluding hydrogens is 280 g/mol. The van der Waals surface area contributed by atoms with Gasteiger partial charge in [-0.1, -0.05) is 21.1 Å². The number of halogens is 1. The van der Waals surface area contributed by atoms with Crippen molar-refractivity contribution in [1.82, 2.24) is 20.3 Å². The average Bonchev–Trinajstić information content (AvgIpc) is 2.86. The van der Waals surface area contributed by atoms with Crippen LogP contribution in [-0.2, 0) is 5.33 Å². The van der Waals surface area contributed by atoms with Crippen molar-refractivity contribution in [3.63, 3.8) is 0 Å². The second-order valence-corrected chi connectivity index (χ2v) is 3.90. The van der Waals surface area contributed by atoms with Gasteiger partial charge in [-0.15, -0.1) is 5.10 Å². The predicted molar refractivity (Wildman–Crippen MR) is 69.9 cm³/mol. The highest BCUT2D eigenvalue weighted by molar-refractivity contribution is 9.08. The van der Waals surface area contributed by atoms with E-state index in [0.29, 0.717) is 5.33 Å². The normalized spacial score (nSPS) is 9.53. The highest BCUT2D eigenvalue weighted by atomic mass is 79.9. The van der Waals surface area contributed by atoms with Crippen molar-refractivity contribution in [2.24, 2.45) is 0 Å². The molecule has 0 aliphatic carbocycles. The molecule has 0 atom stereocenters. The van der Waals surface area contributed by atoms with Gasteiger partial charge >= 0.3 is 0 Å². The molecule has 86 valence electrons. The Balaban J connectivity index is 2.22. The smallest absolute Gasteiger partial charge is 0.0937 e. The molecule has 0 unspecified atom stereocenters. The van der Waals surface area contributed by atoms with Crippen LogP contribution < -0.4 is 5.32 Å². The highest BCUT2D eigenvalue weighted by Crippen LogP contribution is 2.09. The third kappa shape index (κ3) is 2.86. The molecule has 0 saturated heterocycles. The SMILES string of the molecule is CNC#Cc1ccc(-n2cc(CBr)nn2)cc1. The third-order valence-electron chi connectivity index (χ3n) is 2.14. The first-order valence-corrected chi connectivity index (χ1v) is 6.21. The summed E-state index contributed by atoms with van der Waals surface area (Å²) in [5.74, 6) is 2.98. The Hall–Kier alpha value is -1.80. The van der Waals surface area contributed by atoms with Gasteiger partial charge in [0.05, 0.1) is 17.6 Å². The summed E-state index contributed by atoms with van der Waals surface area (Å²) < 4.78 is 1.74. The zero-order chi connectivity index (χ0) is 12.1.